The molecule has 30 heavy (non-hydrogen) atoms. The molecular formula is C20H17ClN6O2S. The zero-order valence-electron chi connectivity index (χ0n) is 15.9. The summed E-state index contributed by atoms with van der Waals surface area (Å²) >= 11 is 7.57. The fourth-order valence-electron chi connectivity index (χ4n) is 2.64. The van der Waals surface area contributed by atoms with E-state index in [1.54, 1.807) is 36.8 Å². The highest BCUT2D eigenvalue weighted by Crippen LogP contribution is 2.34. The van der Waals surface area contributed by atoms with Crippen molar-refractivity contribution in [3.63, 3.8) is 0 Å². The third-order valence-electron chi connectivity index (χ3n) is 4.15. The normalized spacial score (nSPS) is 10.9. The summed E-state index contributed by atoms with van der Waals surface area (Å²) in [6.07, 6.45) is 7.42. The molecule has 1 aromatic carbocycles. The van der Waals surface area contributed by atoms with Crippen LogP contribution in [0, 0.1) is 0 Å². The third kappa shape index (κ3) is 4.87. The molecule has 1 N–H and O–H groups in total. The van der Waals surface area contributed by atoms with Crippen LogP contribution in [-0.2, 0) is 18.3 Å². The Morgan fingerprint density at radius 3 is 2.97 bits per heavy atom. The smallest absolute Gasteiger partial charge is 0.227 e. The minimum Gasteiger partial charge on any atom is -0.339 e. The Labute approximate surface area is 181 Å². The molecule has 0 saturated heterocycles. The van der Waals surface area contributed by atoms with Crippen molar-refractivity contribution in [2.75, 3.05) is 5.32 Å². The molecule has 8 nitrogen and oxygen atoms in total. The van der Waals surface area contributed by atoms with Gasteiger partial charge in [-0.3, -0.25) is 9.78 Å². The number of hydrogen-bond acceptors (Lipinski definition) is 7. The maximum atomic E-state index is 12.5. The van der Waals surface area contributed by atoms with Gasteiger partial charge in [0, 0.05) is 60.2 Å². The van der Waals surface area contributed by atoms with Gasteiger partial charge in [0.2, 0.25) is 17.6 Å². The molecule has 0 radical (unpaired) electrons. The van der Waals surface area contributed by atoms with Gasteiger partial charge >= 0.3 is 0 Å². The average molecular weight is 441 g/mol. The van der Waals surface area contributed by atoms with E-state index in [2.05, 4.69) is 25.4 Å². The lowest BCUT2D eigenvalue weighted by Crippen LogP contribution is -2.13. The number of carbonyl (C=O) groups excluding carboxylic acids is 1. The van der Waals surface area contributed by atoms with Crippen LogP contribution in [0.3, 0.4) is 0 Å². The fourth-order valence-corrected chi connectivity index (χ4v) is 3.68. The van der Waals surface area contributed by atoms with Crippen LogP contribution >= 0.6 is 23.4 Å². The molecule has 0 saturated carbocycles. The van der Waals surface area contributed by atoms with Crippen LogP contribution in [0.2, 0.25) is 5.02 Å². The second-order valence-corrected chi connectivity index (χ2v) is 7.81. The molecule has 0 unspecified atom stereocenters. The highest BCUT2D eigenvalue weighted by molar-refractivity contribution is 7.99. The topological polar surface area (TPSA) is 98.7 Å². The zero-order valence-corrected chi connectivity index (χ0v) is 17.5. The lowest BCUT2D eigenvalue weighted by atomic mass is 10.2. The molecule has 152 valence electrons. The molecule has 1 amide bonds. The molecular weight excluding hydrogens is 424 g/mol. The summed E-state index contributed by atoms with van der Waals surface area (Å²) in [7, 11) is 1.91. The largest absolute Gasteiger partial charge is 0.339 e. The third-order valence-corrected chi connectivity index (χ3v) is 5.53. The molecule has 4 aromatic rings. The van der Waals surface area contributed by atoms with E-state index in [9.17, 15) is 4.79 Å². The minimum atomic E-state index is -0.180. The number of imidazole rings is 1. The van der Waals surface area contributed by atoms with Crippen molar-refractivity contribution in [1.82, 2.24) is 24.7 Å². The number of nitrogens with zero attached hydrogens (tertiary/aromatic N) is 5. The van der Waals surface area contributed by atoms with Crippen molar-refractivity contribution in [2.45, 2.75) is 22.9 Å². The van der Waals surface area contributed by atoms with E-state index < -0.39 is 0 Å². The van der Waals surface area contributed by atoms with Crippen LogP contribution in [0.5, 0.6) is 0 Å². The maximum absolute atomic E-state index is 12.5. The van der Waals surface area contributed by atoms with Gasteiger partial charge in [-0.2, -0.15) is 4.98 Å². The summed E-state index contributed by atoms with van der Waals surface area (Å²) in [5, 5.41) is 8.19. The quantitative estimate of drug-likeness (QED) is 0.458. The van der Waals surface area contributed by atoms with Gasteiger partial charge in [-0.15, -0.1) is 0 Å². The number of amides is 1. The molecule has 4 rings (SSSR count). The summed E-state index contributed by atoms with van der Waals surface area (Å²) in [6, 6.07) is 8.99. The van der Waals surface area contributed by atoms with E-state index in [0.717, 1.165) is 15.6 Å². The number of aryl methyl sites for hydroxylation is 2. The number of carbonyl (C=O) groups is 1. The Morgan fingerprint density at radius 2 is 2.20 bits per heavy atom. The van der Waals surface area contributed by atoms with Gasteiger partial charge in [0.1, 0.15) is 0 Å². The molecule has 0 aliphatic carbocycles. The van der Waals surface area contributed by atoms with Gasteiger partial charge in [0.25, 0.3) is 0 Å². The fraction of sp³-hybridized carbons (Fsp3) is 0.150. The summed E-state index contributed by atoms with van der Waals surface area (Å²) in [5.41, 5.74) is 1.38. The van der Waals surface area contributed by atoms with Crippen LogP contribution in [-0.4, -0.2) is 30.6 Å². The van der Waals surface area contributed by atoms with Gasteiger partial charge in [-0.25, -0.2) is 4.98 Å². The number of benzene rings is 1. The Morgan fingerprint density at radius 1 is 1.30 bits per heavy atom. The predicted molar refractivity (Wildman–Crippen MR) is 113 cm³/mol. The van der Waals surface area contributed by atoms with Crippen LogP contribution < -0.4 is 5.32 Å². The number of nitrogens with one attached hydrogen (secondary N) is 1. The first kappa shape index (κ1) is 20.1. The molecule has 0 aliphatic rings. The van der Waals surface area contributed by atoms with E-state index in [0.29, 0.717) is 28.8 Å². The monoisotopic (exact) mass is 440 g/mol. The lowest BCUT2D eigenvalue weighted by Gasteiger charge is -2.11. The zero-order chi connectivity index (χ0) is 20.9. The summed E-state index contributed by atoms with van der Waals surface area (Å²) in [5.74, 6) is 0.653. The van der Waals surface area contributed by atoms with Gasteiger partial charge in [0.15, 0.2) is 5.16 Å². The predicted octanol–water partition coefficient (Wildman–Crippen LogP) is 4.24. The van der Waals surface area contributed by atoms with Gasteiger partial charge in [0.05, 0.1) is 5.69 Å². The lowest BCUT2D eigenvalue weighted by molar-refractivity contribution is -0.116. The van der Waals surface area contributed by atoms with Crippen LogP contribution in [0.1, 0.15) is 12.3 Å². The van der Waals surface area contributed by atoms with Crippen molar-refractivity contribution in [2.24, 2.45) is 7.05 Å². The number of rotatable bonds is 7. The van der Waals surface area contributed by atoms with Crippen molar-refractivity contribution in [1.29, 1.82) is 0 Å². The van der Waals surface area contributed by atoms with Crippen LogP contribution in [0.15, 0.2) is 69.7 Å². The Bertz CT molecular complexity index is 1160. The number of aromatic nitrogens is 5. The highest BCUT2D eigenvalue weighted by Gasteiger charge is 2.14. The average Bonchev–Trinajstić information content (AvgIpc) is 3.38. The first-order valence-electron chi connectivity index (χ1n) is 9.06. The first-order chi connectivity index (χ1) is 14.6. The number of pyridine rings is 1. The molecule has 0 fully saturated rings. The van der Waals surface area contributed by atoms with Crippen LogP contribution in [0.25, 0.3) is 11.4 Å². The second kappa shape index (κ2) is 9.10. The van der Waals surface area contributed by atoms with E-state index in [4.69, 9.17) is 16.1 Å². The Hall–Kier alpha value is -3.17. The van der Waals surface area contributed by atoms with E-state index in [1.807, 2.05) is 29.9 Å². The number of anilines is 1. The number of halogens is 1. The van der Waals surface area contributed by atoms with E-state index in [-0.39, 0.29) is 12.3 Å². The van der Waals surface area contributed by atoms with E-state index in [1.165, 1.54) is 11.8 Å². The SMILES string of the molecule is Cn1ccnc1Sc1ccc(Cl)cc1NC(=O)CCc1nc(-c2cccnc2)no1. The molecule has 3 aromatic heterocycles. The van der Waals surface area contributed by atoms with Crippen LogP contribution in [0.4, 0.5) is 5.69 Å². The van der Waals surface area contributed by atoms with Crippen molar-refractivity contribution >= 4 is 35.0 Å². The molecule has 0 spiro atoms. The maximum Gasteiger partial charge on any atom is 0.227 e. The second-order valence-electron chi connectivity index (χ2n) is 6.36. The minimum absolute atomic E-state index is 0.180. The first-order valence-corrected chi connectivity index (χ1v) is 10.3. The Balaban J connectivity index is 1.40. The van der Waals surface area contributed by atoms with Gasteiger partial charge in [-0.05, 0) is 42.1 Å². The molecule has 0 atom stereocenters. The van der Waals surface area contributed by atoms with Crippen molar-refractivity contribution in [3.8, 4) is 11.4 Å². The van der Waals surface area contributed by atoms with Gasteiger partial charge in [-0.1, -0.05) is 16.8 Å². The van der Waals surface area contributed by atoms with Crippen molar-refractivity contribution in [3.05, 3.63) is 66.0 Å². The summed E-state index contributed by atoms with van der Waals surface area (Å²) in [4.78, 5) is 26.0. The standard InChI is InChI=1S/C20H17ClN6O2S/c1-27-10-9-23-20(27)30-16-5-4-14(21)11-15(16)24-17(28)6-7-18-25-19(26-29-18)13-3-2-8-22-12-13/h2-5,8-12H,6-7H2,1H3,(H,24,28). The molecule has 3 heterocycles. The molecule has 0 bridgehead atoms. The molecule has 10 heteroatoms. The highest BCUT2D eigenvalue weighted by atomic mass is 35.5. The number of hydrogen-bond donors (Lipinski definition) is 1. The van der Waals surface area contributed by atoms with E-state index >= 15 is 0 Å². The molecule has 0 aliphatic heterocycles. The summed E-state index contributed by atoms with van der Waals surface area (Å²) in [6.45, 7) is 0. The summed E-state index contributed by atoms with van der Waals surface area (Å²) < 4.78 is 7.14. The van der Waals surface area contributed by atoms with Gasteiger partial charge < -0.3 is 14.4 Å². The van der Waals surface area contributed by atoms with Crippen molar-refractivity contribution < 1.29 is 9.32 Å². The Kier molecular flexibility index (Phi) is 6.10.